The van der Waals surface area contributed by atoms with Crippen LogP contribution in [0.1, 0.15) is 12.8 Å². The molecule has 0 radical (unpaired) electrons. The number of rotatable bonds is 5. The van der Waals surface area contributed by atoms with E-state index in [0.717, 1.165) is 12.3 Å². The summed E-state index contributed by atoms with van der Waals surface area (Å²) in [5, 5.41) is 0. The summed E-state index contributed by atoms with van der Waals surface area (Å²) in [6.07, 6.45) is 2.51. The van der Waals surface area contributed by atoms with Crippen LogP contribution in [0.3, 0.4) is 0 Å². The monoisotopic (exact) mass is 249 g/mol. The number of nitrogens with two attached hydrogens (primary N) is 1. The van der Waals surface area contributed by atoms with Gasteiger partial charge in [-0.3, -0.25) is 4.99 Å². The van der Waals surface area contributed by atoms with E-state index >= 15 is 0 Å². The second-order valence-corrected chi connectivity index (χ2v) is 5.41. The van der Waals surface area contributed by atoms with E-state index in [1.54, 1.807) is 0 Å². The Morgan fingerprint density at radius 1 is 1.41 bits per heavy atom. The normalized spacial score (nSPS) is 15.9. The molecular formula is C13H19N3S. The molecule has 0 saturated heterocycles. The van der Waals surface area contributed by atoms with Crippen LogP contribution in [0.5, 0.6) is 0 Å². The van der Waals surface area contributed by atoms with E-state index in [9.17, 15) is 0 Å². The molecule has 1 aliphatic carbocycles. The Balaban J connectivity index is 1.70. The lowest BCUT2D eigenvalue weighted by molar-refractivity contribution is 0.488. The highest BCUT2D eigenvalue weighted by Crippen LogP contribution is 2.24. The number of thioether (sulfide) groups is 1. The molecule has 2 N–H and O–H groups in total. The van der Waals surface area contributed by atoms with Crippen LogP contribution in [-0.2, 0) is 0 Å². The highest BCUT2D eigenvalue weighted by atomic mass is 32.2. The third kappa shape index (κ3) is 3.97. The van der Waals surface area contributed by atoms with Crippen molar-refractivity contribution in [3.05, 3.63) is 30.3 Å². The molecule has 17 heavy (non-hydrogen) atoms. The maximum Gasteiger partial charge on any atom is 0.191 e. The van der Waals surface area contributed by atoms with Gasteiger partial charge in [-0.05, 0) is 25.0 Å². The number of hydrogen-bond acceptors (Lipinski definition) is 2. The highest BCUT2D eigenvalue weighted by molar-refractivity contribution is 7.99. The third-order valence-corrected chi connectivity index (χ3v) is 3.83. The SMILES string of the molecule is CN(C(N)=NCCSc1ccccc1)C1CC1. The van der Waals surface area contributed by atoms with Gasteiger partial charge in [0.1, 0.15) is 0 Å². The molecule has 1 aliphatic rings. The second kappa shape index (κ2) is 5.96. The largest absolute Gasteiger partial charge is 0.370 e. The van der Waals surface area contributed by atoms with Crippen molar-refractivity contribution >= 4 is 17.7 Å². The standard InChI is InChI=1S/C13H19N3S/c1-16(11-7-8-11)13(14)15-9-10-17-12-5-3-2-4-6-12/h2-6,11H,7-10H2,1H3,(H2,14,15). The van der Waals surface area contributed by atoms with E-state index in [-0.39, 0.29) is 0 Å². The minimum atomic E-state index is 0.639. The fourth-order valence-corrected chi connectivity index (χ4v) is 2.37. The van der Waals surface area contributed by atoms with Gasteiger partial charge >= 0.3 is 0 Å². The molecule has 3 nitrogen and oxygen atoms in total. The van der Waals surface area contributed by atoms with Gasteiger partial charge < -0.3 is 10.6 Å². The number of nitrogens with zero attached hydrogens (tertiary/aromatic N) is 2. The van der Waals surface area contributed by atoms with Gasteiger partial charge in [0.15, 0.2) is 5.96 Å². The Morgan fingerprint density at radius 2 is 2.12 bits per heavy atom. The number of hydrogen-bond donors (Lipinski definition) is 1. The van der Waals surface area contributed by atoms with Gasteiger partial charge in [-0.2, -0.15) is 0 Å². The molecule has 0 spiro atoms. The van der Waals surface area contributed by atoms with Crippen molar-refractivity contribution in [3.8, 4) is 0 Å². The summed E-state index contributed by atoms with van der Waals surface area (Å²) in [6, 6.07) is 11.0. The zero-order valence-electron chi connectivity index (χ0n) is 10.2. The average Bonchev–Trinajstić information content (AvgIpc) is 3.19. The summed E-state index contributed by atoms with van der Waals surface area (Å²) in [7, 11) is 2.03. The Hall–Kier alpha value is -1.16. The van der Waals surface area contributed by atoms with Gasteiger partial charge in [0.2, 0.25) is 0 Å². The van der Waals surface area contributed by atoms with Crippen LogP contribution in [0.4, 0.5) is 0 Å². The lowest BCUT2D eigenvalue weighted by atomic mass is 10.4. The number of aliphatic imine (C=N–C) groups is 1. The van der Waals surface area contributed by atoms with E-state index in [1.165, 1.54) is 17.7 Å². The molecule has 4 heteroatoms. The Labute approximate surface area is 107 Å². The van der Waals surface area contributed by atoms with Crippen LogP contribution in [0, 0.1) is 0 Å². The van der Waals surface area contributed by atoms with Crippen molar-refractivity contribution in [2.24, 2.45) is 10.7 Å². The fourth-order valence-electron chi connectivity index (χ4n) is 1.60. The van der Waals surface area contributed by atoms with Crippen LogP contribution < -0.4 is 5.73 Å². The Kier molecular flexibility index (Phi) is 4.31. The van der Waals surface area contributed by atoms with Crippen molar-refractivity contribution in [2.75, 3.05) is 19.3 Å². The lowest BCUT2D eigenvalue weighted by Gasteiger charge is -2.16. The van der Waals surface area contributed by atoms with E-state index in [4.69, 9.17) is 5.73 Å². The first-order valence-corrected chi connectivity index (χ1v) is 6.96. The zero-order chi connectivity index (χ0) is 12.1. The highest BCUT2D eigenvalue weighted by Gasteiger charge is 2.27. The quantitative estimate of drug-likeness (QED) is 0.376. The minimum absolute atomic E-state index is 0.639. The molecule has 92 valence electrons. The molecule has 2 rings (SSSR count). The smallest absolute Gasteiger partial charge is 0.191 e. The predicted octanol–water partition coefficient (Wildman–Crippen LogP) is 2.19. The first kappa shape index (κ1) is 12.3. The molecule has 1 saturated carbocycles. The maximum atomic E-state index is 5.90. The van der Waals surface area contributed by atoms with E-state index in [1.807, 2.05) is 24.9 Å². The molecule has 0 atom stereocenters. The molecule has 0 heterocycles. The van der Waals surface area contributed by atoms with E-state index in [2.05, 4.69) is 34.2 Å². The first-order valence-electron chi connectivity index (χ1n) is 5.98. The van der Waals surface area contributed by atoms with E-state index in [0.29, 0.717) is 12.0 Å². The fraction of sp³-hybridized carbons (Fsp3) is 0.462. The van der Waals surface area contributed by atoms with Gasteiger partial charge in [0.05, 0.1) is 6.54 Å². The summed E-state index contributed by atoms with van der Waals surface area (Å²) in [5.74, 6) is 1.66. The van der Waals surface area contributed by atoms with Crippen molar-refractivity contribution < 1.29 is 0 Å². The first-order chi connectivity index (χ1) is 8.27. The molecule has 1 aromatic carbocycles. The molecule has 0 bridgehead atoms. The van der Waals surface area contributed by atoms with Crippen LogP contribution in [0.15, 0.2) is 40.2 Å². The van der Waals surface area contributed by atoms with Crippen molar-refractivity contribution in [3.63, 3.8) is 0 Å². The molecule has 0 aromatic heterocycles. The lowest BCUT2D eigenvalue weighted by Crippen LogP contribution is -2.35. The summed E-state index contributed by atoms with van der Waals surface area (Å²) in [5.41, 5.74) is 5.90. The topological polar surface area (TPSA) is 41.6 Å². The van der Waals surface area contributed by atoms with Crippen LogP contribution in [-0.4, -0.2) is 36.2 Å². The van der Waals surface area contributed by atoms with Crippen molar-refractivity contribution in [1.29, 1.82) is 0 Å². The third-order valence-electron chi connectivity index (χ3n) is 2.83. The van der Waals surface area contributed by atoms with Crippen LogP contribution in [0.25, 0.3) is 0 Å². The Morgan fingerprint density at radius 3 is 2.76 bits per heavy atom. The van der Waals surface area contributed by atoms with Crippen LogP contribution in [0.2, 0.25) is 0 Å². The molecular weight excluding hydrogens is 230 g/mol. The molecule has 0 aliphatic heterocycles. The van der Waals surface area contributed by atoms with Gasteiger partial charge in [0, 0.05) is 23.7 Å². The second-order valence-electron chi connectivity index (χ2n) is 4.24. The minimum Gasteiger partial charge on any atom is -0.370 e. The molecule has 0 unspecified atom stereocenters. The number of guanidine groups is 1. The molecule has 1 fully saturated rings. The average molecular weight is 249 g/mol. The van der Waals surface area contributed by atoms with Crippen molar-refractivity contribution in [2.45, 2.75) is 23.8 Å². The summed E-state index contributed by atoms with van der Waals surface area (Å²) in [6.45, 7) is 0.780. The number of benzene rings is 1. The van der Waals surface area contributed by atoms with E-state index < -0.39 is 0 Å². The van der Waals surface area contributed by atoms with Crippen molar-refractivity contribution in [1.82, 2.24) is 4.90 Å². The zero-order valence-corrected chi connectivity index (χ0v) is 11.0. The summed E-state index contributed by atoms with van der Waals surface area (Å²) < 4.78 is 0. The van der Waals surface area contributed by atoms with Gasteiger partial charge in [-0.1, -0.05) is 18.2 Å². The molecule has 0 amide bonds. The van der Waals surface area contributed by atoms with Gasteiger partial charge in [-0.15, -0.1) is 11.8 Å². The van der Waals surface area contributed by atoms with Crippen LogP contribution >= 0.6 is 11.8 Å². The van der Waals surface area contributed by atoms with Gasteiger partial charge in [-0.25, -0.2) is 0 Å². The maximum absolute atomic E-state index is 5.90. The summed E-state index contributed by atoms with van der Waals surface area (Å²) >= 11 is 1.82. The van der Waals surface area contributed by atoms with Gasteiger partial charge in [0.25, 0.3) is 0 Å². The Bertz CT molecular complexity index is 374. The molecule has 1 aromatic rings. The predicted molar refractivity (Wildman–Crippen MR) is 74.4 cm³/mol. The summed E-state index contributed by atoms with van der Waals surface area (Å²) in [4.78, 5) is 7.78.